The van der Waals surface area contributed by atoms with Gasteiger partial charge in [0.25, 0.3) is 0 Å². The van der Waals surface area contributed by atoms with Crippen molar-refractivity contribution in [1.82, 2.24) is 10.2 Å². The molecule has 1 amide bonds. The Kier molecular flexibility index (Phi) is 6.28. The highest BCUT2D eigenvalue weighted by Crippen LogP contribution is 2.31. The fourth-order valence-electron chi connectivity index (χ4n) is 3.16. The van der Waals surface area contributed by atoms with Crippen molar-refractivity contribution in [3.63, 3.8) is 0 Å². The van der Waals surface area contributed by atoms with Crippen LogP contribution in [0, 0.1) is 5.92 Å². The summed E-state index contributed by atoms with van der Waals surface area (Å²) in [5.41, 5.74) is 1.04. The fourth-order valence-corrected chi connectivity index (χ4v) is 3.16. The molecule has 1 aliphatic rings. The summed E-state index contributed by atoms with van der Waals surface area (Å²) in [4.78, 5) is 14.8. The monoisotopic (exact) mass is 320 g/mol. The lowest BCUT2D eigenvalue weighted by Crippen LogP contribution is -2.42. The number of likely N-dealkylation sites (tertiary alicyclic amines) is 1. The van der Waals surface area contributed by atoms with Crippen LogP contribution in [0.4, 0.5) is 0 Å². The zero-order chi connectivity index (χ0) is 16.8. The molecule has 23 heavy (non-hydrogen) atoms. The number of hydrogen-bond donors (Lipinski definition) is 1. The highest BCUT2D eigenvalue weighted by molar-refractivity contribution is 5.79. The van der Waals surface area contributed by atoms with Gasteiger partial charge in [0.05, 0.1) is 26.2 Å². The summed E-state index contributed by atoms with van der Waals surface area (Å²) >= 11 is 0. The Labute approximate surface area is 139 Å². The first-order chi connectivity index (χ1) is 11.1. The van der Waals surface area contributed by atoms with Crippen LogP contribution in [-0.2, 0) is 4.79 Å². The average molecular weight is 320 g/mol. The quantitative estimate of drug-likeness (QED) is 0.875. The summed E-state index contributed by atoms with van der Waals surface area (Å²) in [5.74, 6) is 1.63. The largest absolute Gasteiger partial charge is 0.493 e. The van der Waals surface area contributed by atoms with E-state index < -0.39 is 0 Å². The zero-order valence-corrected chi connectivity index (χ0v) is 14.6. The van der Waals surface area contributed by atoms with Crippen molar-refractivity contribution in [2.45, 2.75) is 32.2 Å². The molecule has 1 aromatic carbocycles. The number of hydrogen-bond acceptors (Lipinski definition) is 4. The van der Waals surface area contributed by atoms with Crippen LogP contribution in [0.3, 0.4) is 0 Å². The number of ether oxygens (including phenoxy) is 2. The van der Waals surface area contributed by atoms with E-state index in [1.807, 2.05) is 18.2 Å². The molecule has 1 N–H and O–H groups in total. The fraction of sp³-hybridized carbons (Fsp3) is 0.611. The van der Waals surface area contributed by atoms with Crippen molar-refractivity contribution >= 4 is 5.91 Å². The Morgan fingerprint density at radius 3 is 2.70 bits per heavy atom. The molecular weight excluding hydrogens is 292 g/mol. The van der Waals surface area contributed by atoms with E-state index in [-0.39, 0.29) is 17.9 Å². The second kappa shape index (κ2) is 8.20. The van der Waals surface area contributed by atoms with Crippen molar-refractivity contribution in [1.29, 1.82) is 0 Å². The predicted molar refractivity (Wildman–Crippen MR) is 90.9 cm³/mol. The molecule has 5 heteroatoms. The first-order valence-corrected chi connectivity index (χ1v) is 8.29. The van der Waals surface area contributed by atoms with E-state index in [4.69, 9.17) is 9.47 Å². The number of rotatable bonds is 6. The summed E-state index contributed by atoms with van der Waals surface area (Å²) in [5, 5.41) is 3.20. The topological polar surface area (TPSA) is 50.8 Å². The summed E-state index contributed by atoms with van der Waals surface area (Å²) < 4.78 is 10.6. The van der Waals surface area contributed by atoms with E-state index in [0.717, 1.165) is 37.9 Å². The maximum atomic E-state index is 12.6. The number of nitrogens with one attached hydrogen (secondary N) is 1. The minimum absolute atomic E-state index is 0.00506. The normalized spacial score (nSPS) is 19.9. The van der Waals surface area contributed by atoms with E-state index in [2.05, 4.69) is 24.2 Å². The summed E-state index contributed by atoms with van der Waals surface area (Å²) in [7, 11) is 5.32. The Balaban J connectivity index is 2.08. The van der Waals surface area contributed by atoms with Crippen molar-refractivity contribution in [2.24, 2.45) is 5.92 Å². The first kappa shape index (κ1) is 17.6. The molecule has 1 heterocycles. The van der Waals surface area contributed by atoms with Gasteiger partial charge in [0.2, 0.25) is 5.91 Å². The standard InChI is InChI=1S/C18H28N2O3/c1-5-15(13-8-9-16(22-3)17(11-13)23-4)19-18(21)14-7-6-10-20(2)12-14/h8-9,11,14-15H,5-7,10,12H2,1-4H3,(H,19,21)/t14-,15-/m0/s1. The summed E-state index contributed by atoms with van der Waals surface area (Å²) in [6.07, 6.45) is 2.89. The SMILES string of the molecule is CC[C@H](NC(=O)[C@H]1CCCN(C)C1)c1ccc(OC)c(OC)c1. The molecular formula is C18H28N2O3. The lowest BCUT2D eigenvalue weighted by molar-refractivity contribution is -0.127. The number of carbonyl (C=O) groups excluding carboxylic acids is 1. The van der Waals surface area contributed by atoms with Crippen LogP contribution in [0.15, 0.2) is 18.2 Å². The van der Waals surface area contributed by atoms with Gasteiger partial charge in [-0.1, -0.05) is 13.0 Å². The molecule has 1 aliphatic heterocycles. The van der Waals surface area contributed by atoms with Gasteiger partial charge in [-0.05, 0) is 50.6 Å². The minimum atomic E-state index is -0.00506. The van der Waals surface area contributed by atoms with Crippen molar-refractivity contribution in [2.75, 3.05) is 34.4 Å². The summed E-state index contributed by atoms with van der Waals surface area (Å²) in [6.45, 7) is 4.00. The maximum Gasteiger partial charge on any atom is 0.224 e. The van der Waals surface area contributed by atoms with Crippen LogP contribution in [0.25, 0.3) is 0 Å². The molecule has 2 atom stereocenters. The van der Waals surface area contributed by atoms with Crippen LogP contribution in [0.2, 0.25) is 0 Å². The third-order valence-corrected chi connectivity index (χ3v) is 4.53. The van der Waals surface area contributed by atoms with Gasteiger partial charge < -0.3 is 19.7 Å². The lowest BCUT2D eigenvalue weighted by Gasteiger charge is -2.30. The predicted octanol–water partition coefficient (Wildman–Crippen LogP) is 2.61. The number of amides is 1. The first-order valence-electron chi connectivity index (χ1n) is 8.29. The highest BCUT2D eigenvalue weighted by atomic mass is 16.5. The molecule has 128 valence electrons. The molecule has 0 aliphatic carbocycles. The van der Waals surface area contributed by atoms with Crippen molar-refractivity contribution in [3.8, 4) is 11.5 Å². The molecule has 0 saturated carbocycles. The second-order valence-corrected chi connectivity index (χ2v) is 6.19. The summed E-state index contributed by atoms with van der Waals surface area (Å²) in [6, 6.07) is 5.81. The Morgan fingerprint density at radius 1 is 1.35 bits per heavy atom. The van der Waals surface area contributed by atoms with Gasteiger partial charge in [-0.25, -0.2) is 0 Å². The van der Waals surface area contributed by atoms with Gasteiger partial charge in [0, 0.05) is 6.54 Å². The van der Waals surface area contributed by atoms with Crippen LogP contribution in [0.1, 0.15) is 37.8 Å². The molecule has 0 radical (unpaired) electrons. The molecule has 0 bridgehead atoms. The molecule has 0 spiro atoms. The van der Waals surface area contributed by atoms with Crippen molar-refractivity contribution < 1.29 is 14.3 Å². The lowest BCUT2D eigenvalue weighted by atomic mass is 9.96. The van der Waals surface area contributed by atoms with Crippen LogP contribution >= 0.6 is 0 Å². The van der Waals surface area contributed by atoms with Crippen LogP contribution in [0.5, 0.6) is 11.5 Å². The Bertz CT molecular complexity index is 533. The molecule has 1 saturated heterocycles. The zero-order valence-electron chi connectivity index (χ0n) is 14.6. The Morgan fingerprint density at radius 2 is 2.09 bits per heavy atom. The molecule has 2 rings (SSSR count). The van der Waals surface area contributed by atoms with Gasteiger partial charge in [0.15, 0.2) is 11.5 Å². The third kappa shape index (κ3) is 4.38. The van der Waals surface area contributed by atoms with Crippen LogP contribution in [-0.4, -0.2) is 45.2 Å². The molecule has 1 fully saturated rings. The van der Waals surface area contributed by atoms with Crippen LogP contribution < -0.4 is 14.8 Å². The van der Waals surface area contributed by atoms with Gasteiger partial charge >= 0.3 is 0 Å². The third-order valence-electron chi connectivity index (χ3n) is 4.53. The molecule has 5 nitrogen and oxygen atoms in total. The van der Waals surface area contributed by atoms with E-state index in [1.54, 1.807) is 14.2 Å². The smallest absolute Gasteiger partial charge is 0.224 e. The maximum absolute atomic E-state index is 12.6. The van der Waals surface area contributed by atoms with Gasteiger partial charge in [-0.2, -0.15) is 0 Å². The van der Waals surface area contributed by atoms with Gasteiger partial charge in [-0.3, -0.25) is 4.79 Å². The number of methoxy groups -OCH3 is 2. The molecule has 0 unspecified atom stereocenters. The van der Waals surface area contributed by atoms with Gasteiger partial charge in [0.1, 0.15) is 0 Å². The number of benzene rings is 1. The number of carbonyl (C=O) groups is 1. The average Bonchev–Trinajstić information content (AvgIpc) is 2.58. The molecule has 0 aromatic heterocycles. The van der Waals surface area contributed by atoms with E-state index in [1.165, 1.54) is 0 Å². The van der Waals surface area contributed by atoms with Crippen molar-refractivity contribution in [3.05, 3.63) is 23.8 Å². The second-order valence-electron chi connectivity index (χ2n) is 6.19. The van der Waals surface area contributed by atoms with E-state index in [0.29, 0.717) is 11.5 Å². The number of nitrogens with zero attached hydrogens (tertiary/aromatic N) is 1. The molecule has 1 aromatic rings. The van der Waals surface area contributed by atoms with Gasteiger partial charge in [-0.15, -0.1) is 0 Å². The highest BCUT2D eigenvalue weighted by Gasteiger charge is 2.26. The van der Waals surface area contributed by atoms with E-state index in [9.17, 15) is 4.79 Å². The Hall–Kier alpha value is -1.75. The van der Waals surface area contributed by atoms with E-state index >= 15 is 0 Å². The minimum Gasteiger partial charge on any atom is -0.493 e. The number of piperidine rings is 1.